The summed E-state index contributed by atoms with van der Waals surface area (Å²) in [5, 5.41) is 3.18. The van der Waals surface area contributed by atoms with Crippen LogP contribution in [-0.4, -0.2) is 37.0 Å². The minimum Gasteiger partial charge on any atom is -0.492 e. The van der Waals surface area contributed by atoms with E-state index in [9.17, 15) is 4.79 Å². The summed E-state index contributed by atoms with van der Waals surface area (Å²) in [6, 6.07) is 16.3. The molecule has 4 nitrogen and oxygen atoms in total. The Hall–Kier alpha value is -2.33. The lowest BCUT2D eigenvalue weighted by atomic mass is 9.77. The second-order valence-electron chi connectivity index (χ2n) is 9.24. The van der Waals surface area contributed by atoms with Crippen LogP contribution in [-0.2, 0) is 10.2 Å². The first kappa shape index (κ1) is 21.9. The van der Waals surface area contributed by atoms with Crippen molar-refractivity contribution < 1.29 is 9.53 Å². The molecule has 1 amide bonds. The van der Waals surface area contributed by atoms with E-state index in [1.165, 1.54) is 44.3 Å². The lowest BCUT2D eigenvalue weighted by Crippen LogP contribution is -2.38. The fraction of sp³-hybridized carbons (Fsp3) is 0.519. The Morgan fingerprint density at radius 2 is 1.55 bits per heavy atom. The Balaban J connectivity index is 1.33. The smallest absolute Gasteiger partial charge is 0.235 e. The van der Waals surface area contributed by atoms with Crippen molar-refractivity contribution in [1.82, 2.24) is 4.90 Å². The van der Waals surface area contributed by atoms with Crippen molar-refractivity contribution in [1.29, 1.82) is 0 Å². The number of ether oxygens (including phenoxy) is 1. The van der Waals surface area contributed by atoms with E-state index in [-0.39, 0.29) is 5.91 Å². The van der Waals surface area contributed by atoms with Gasteiger partial charge in [-0.15, -0.1) is 0 Å². The first-order valence-electron chi connectivity index (χ1n) is 12.0. The number of hydrogen-bond acceptors (Lipinski definition) is 3. The van der Waals surface area contributed by atoms with Crippen LogP contribution in [0.2, 0.25) is 0 Å². The normalized spacial score (nSPS) is 19.0. The number of aryl methyl sites for hydroxylation is 1. The molecule has 4 rings (SSSR count). The molecule has 2 aliphatic rings. The molecule has 0 atom stereocenters. The quantitative estimate of drug-likeness (QED) is 0.625. The van der Waals surface area contributed by atoms with E-state index in [4.69, 9.17) is 4.74 Å². The van der Waals surface area contributed by atoms with Crippen molar-refractivity contribution >= 4 is 11.6 Å². The second kappa shape index (κ2) is 10.3. The van der Waals surface area contributed by atoms with Crippen molar-refractivity contribution in [2.75, 3.05) is 31.6 Å². The van der Waals surface area contributed by atoms with Gasteiger partial charge >= 0.3 is 0 Å². The maximum atomic E-state index is 13.3. The first-order chi connectivity index (χ1) is 15.2. The average molecular weight is 421 g/mol. The molecule has 1 saturated carbocycles. The number of carbonyl (C=O) groups is 1. The monoisotopic (exact) mass is 420 g/mol. The van der Waals surface area contributed by atoms with Crippen LogP contribution in [0.15, 0.2) is 48.5 Å². The molecule has 1 saturated heterocycles. The standard InChI is InChI=1S/C27H36N2O2/c1-22-8-10-23(11-9-22)27(16-4-5-17-27)26(30)28-24-12-14-25(15-13-24)31-21-20-29-18-6-2-3-7-19-29/h8-15H,2-7,16-21H2,1H3,(H,28,30). The SMILES string of the molecule is Cc1ccc(C2(C(=O)Nc3ccc(OCCN4CCCCCC4)cc3)CCCC2)cc1. The summed E-state index contributed by atoms with van der Waals surface area (Å²) < 4.78 is 5.96. The molecule has 1 aliphatic carbocycles. The van der Waals surface area contributed by atoms with Gasteiger partial charge in [-0.05, 0) is 75.5 Å². The molecule has 0 radical (unpaired) electrons. The van der Waals surface area contributed by atoms with Crippen LogP contribution in [0.5, 0.6) is 5.75 Å². The number of anilines is 1. The Labute approximate surface area is 187 Å². The van der Waals surface area contributed by atoms with Crippen LogP contribution >= 0.6 is 0 Å². The van der Waals surface area contributed by atoms with Crippen LogP contribution in [0, 0.1) is 6.92 Å². The van der Waals surface area contributed by atoms with Crippen LogP contribution in [0.25, 0.3) is 0 Å². The summed E-state index contributed by atoms with van der Waals surface area (Å²) in [6.07, 6.45) is 9.36. The molecule has 0 unspecified atom stereocenters. The maximum absolute atomic E-state index is 13.3. The maximum Gasteiger partial charge on any atom is 0.235 e. The summed E-state index contributed by atoms with van der Waals surface area (Å²) in [5.41, 5.74) is 2.80. The Morgan fingerprint density at radius 3 is 2.19 bits per heavy atom. The Morgan fingerprint density at radius 1 is 0.903 bits per heavy atom. The highest BCUT2D eigenvalue weighted by atomic mass is 16.5. The van der Waals surface area contributed by atoms with Gasteiger partial charge in [-0.2, -0.15) is 0 Å². The molecule has 0 bridgehead atoms. The lowest BCUT2D eigenvalue weighted by Gasteiger charge is -2.28. The number of nitrogens with zero attached hydrogens (tertiary/aromatic N) is 1. The number of benzene rings is 2. The number of rotatable bonds is 7. The van der Waals surface area contributed by atoms with Crippen molar-refractivity contribution in [2.45, 2.75) is 63.7 Å². The van der Waals surface area contributed by atoms with Crippen molar-refractivity contribution in [3.05, 3.63) is 59.7 Å². The largest absolute Gasteiger partial charge is 0.492 e. The van der Waals surface area contributed by atoms with Crippen molar-refractivity contribution in [3.63, 3.8) is 0 Å². The van der Waals surface area contributed by atoms with Crippen LogP contribution in [0.1, 0.15) is 62.5 Å². The molecule has 31 heavy (non-hydrogen) atoms. The van der Waals surface area contributed by atoms with Gasteiger partial charge in [0.2, 0.25) is 5.91 Å². The molecule has 166 valence electrons. The number of carbonyl (C=O) groups excluding carboxylic acids is 1. The third-order valence-corrected chi connectivity index (χ3v) is 6.98. The molecule has 1 heterocycles. The van der Waals surface area contributed by atoms with Crippen LogP contribution in [0.4, 0.5) is 5.69 Å². The topological polar surface area (TPSA) is 41.6 Å². The molecule has 4 heteroatoms. The van der Waals surface area contributed by atoms with Crippen molar-refractivity contribution in [3.8, 4) is 5.75 Å². The molecule has 0 aromatic heterocycles. The third-order valence-electron chi connectivity index (χ3n) is 6.98. The highest BCUT2D eigenvalue weighted by Crippen LogP contribution is 2.42. The van der Waals surface area contributed by atoms with Gasteiger partial charge in [0.1, 0.15) is 12.4 Å². The molecule has 2 aromatic carbocycles. The van der Waals surface area contributed by atoms with Gasteiger partial charge < -0.3 is 10.1 Å². The van der Waals surface area contributed by atoms with E-state index in [0.29, 0.717) is 6.61 Å². The number of amides is 1. The second-order valence-corrected chi connectivity index (χ2v) is 9.24. The first-order valence-corrected chi connectivity index (χ1v) is 12.0. The van der Waals surface area contributed by atoms with E-state index in [0.717, 1.165) is 49.2 Å². The molecule has 1 N–H and O–H groups in total. The summed E-state index contributed by atoms with van der Waals surface area (Å²) in [7, 11) is 0. The zero-order valence-electron chi connectivity index (χ0n) is 18.9. The van der Waals surface area contributed by atoms with Crippen LogP contribution < -0.4 is 10.1 Å². The molecule has 1 aliphatic heterocycles. The molecular formula is C27H36N2O2. The zero-order valence-corrected chi connectivity index (χ0v) is 18.9. The lowest BCUT2D eigenvalue weighted by molar-refractivity contribution is -0.121. The Kier molecular flexibility index (Phi) is 7.29. The highest BCUT2D eigenvalue weighted by Gasteiger charge is 2.42. The molecule has 0 spiro atoms. The van der Waals surface area contributed by atoms with E-state index in [1.54, 1.807) is 0 Å². The molecule has 2 fully saturated rings. The predicted octanol–water partition coefficient (Wildman–Crippen LogP) is 5.70. The van der Waals surface area contributed by atoms with Gasteiger partial charge in [-0.3, -0.25) is 9.69 Å². The fourth-order valence-corrected chi connectivity index (χ4v) is 5.04. The average Bonchev–Trinajstić information content (AvgIpc) is 3.15. The summed E-state index contributed by atoms with van der Waals surface area (Å²) in [4.78, 5) is 15.8. The molecule has 2 aromatic rings. The Bertz CT molecular complexity index is 831. The van der Waals surface area contributed by atoms with E-state index >= 15 is 0 Å². The van der Waals surface area contributed by atoms with Gasteiger partial charge in [-0.1, -0.05) is 55.5 Å². The van der Waals surface area contributed by atoms with Crippen molar-refractivity contribution in [2.24, 2.45) is 0 Å². The van der Waals surface area contributed by atoms with Gasteiger partial charge in [-0.25, -0.2) is 0 Å². The summed E-state index contributed by atoms with van der Waals surface area (Å²) >= 11 is 0. The van der Waals surface area contributed by atoms with Gasteiger partial charge in [0.25, 0.3) is 0 Å². The van der Waals surface area contributed by atoms with Gasteiger partial charge in [0.15, 0.2) is 0 Å². The number of likely N-dealkylation sites (tertiary alicyclic amines) is 1. The third kappa shape index (κ3) is 5.48. The number of hydrogen-bond donors (Lipinski definition) is 1. The fourth-order valence-electron chi connectivity index (χ4n) is 5.04. The van der Waals surface area contributed by atoms with Gasteiger partial charge in [0, 0.05) is 12.2 Å². The van der Waals surface area contributed by atoms with Gasteiger partial charge in [0.05, 0.1) is 5.41 Å². The van der Waals surface area contributed by atoms with E-state index in [2.05, 4.69) is 41.4 Å². The minimum atomic E-state index is -0.407. The summed E-state index contributed by atoms with van der Waals surface area (Å²) in [6.45, 7) is 6.16. The summed E-state index contributed by atoms with van der Waals surface area (Å²) in [5.74, 6) is 0.977. The molecular weight excluding hydrogens is 384 g/mol. The predicted molar refractivity (Wildman–Crippen MR) is 127 cm³/mol. The zero-order chi connectivity index (χ0) is 21.5. The highest BCUT2D eigenvalue weighted by molar-refractivity contribution is 5.99. The minimum absolute atomic E-state index is 0.115. The van der Waals surface area contributed by atoms with E-state index in [1.807, 2.05) is 24.3 Å². The van der Waals surface area contributed by atoms with E-state index < -0.39 is 5.41 Å². The van der Waals surface area contributed by atoms with Crippen LogP contribution in [0.3, 0.4) is 0 Å². The number of nitrogens with one attached hydrogen (secondary N) is 1.